The maximum absolute atomic E-state index is 11.8. The monoisotopic (exact) mass is 298 g/mol. The van der Waals surface area contributed by atoms with E-state index in [9.17, 15) is 9.59 Å². The number of fused-ring (bicyclic) bond motifs is 1. The average molecular weight is 298 g/mol. The third-order valence-electron chi connectivity index (χ3n) is 3.39. The van der Waals surface area contributed by atoms with E-state index < -0.39 is 17.7 Å². The largest absolute Gasteiger partial charge is 0.461 e. The van der Waals surface area contributed by atoms with Crippen molar-refractivity contribution in [2.75, 3.05) is 6.61 Å². The highest BCUT2D eigenvalue weighted by Gasteiger charge is 2.48. The SMILES string of the molecule is CCOC(=O)C1=NO[C@H]2[C@H](NC(=O)OC(C)(C)C)CC[C@@H]12. The topological polar surface area (TPSA) is 86.2 Å². The number of amides is 1. The van der Waals surface area contributed by atoms with E-state index in [1.807, 2.05) is 0 Å². The molecule has 2 aliphatic rings. The van der Waals surface area contributed by atoms with Crippen molar-refractivity contribution in [3.63, 3.8) is 0 Å². The lowest BCUT2D eigenvalue weighted by molar-refractivity contribution is -0.135. The fraction of sp³-hybridized carbons (Fsp3) is 0.786. The van der Waals surface area contributed by atoms with Gasteiger partial charge in [0.25, 0.3) is 0 Å². The second-order valence-electron chi connectivity index (χ2n) is 6.20. The molecule has 1 heterocycles. The number of hydrogen-bond acceptors (Lipinski definition) is 6. The van der Waals surface area contributed by atoms with Crippen LogP contribution in [0.3, 0.4) is 0 Å². The van der Waals surface area contributed by atoms with Crippen molar-refractivity contribution < 1.29 is 23.9 Å². The molecule has 1 aliphatic heterocycles. The first-order valence-corrected chi connectivity index (χ1v) is 7.22. The third kappa shape index (κ3) is 3.65. The van der Waals surface area contributed by atoms with Gasteiger partial charge in [0.2, 0.25) is 0 Å². The highest BCUT2D eigenvalue weighted by atomic mass is 16.7. The predicted molar refractivity (Wildman–Crippen MR) is 74.8 cm³/mol. The Morgan fingerprint density at radius 1 is 1.38 bits per heavy atom. The van der Waals surface area contributed by atoms with Crippen LogP contribution >= 0.6 is 0 Å². The van der Waals surface area contributed by atoms with Gasteiger partial charge in [-0.25, -0.2) is 9.59 Å². The molecule has 0 aromatic heterocycles. The number of nitrogens with one attached hydrogen (secondary N) is 1. The Balaban J connectivity index is 1.91. The van der Waals surface area contributed by atoms with E-state index in [2.05, 4.69) is 10.5 Å². The molecule has 0 radical (unpaired) electrons. The van der Waals surface area contributed by atoms with Gasteiger partial charge in [-0.05, 0) is 40.5 Å². The fourth-order valence-electron chi connectivity index (χ4n) is 2.60. The van der Waals surface area contributed by atoms with Gasteiger partial charge in [0.15, 0.2) is 11.8 Å². The molecule has 0 aromatic carbocycles. The summed E-state index contributed by atoms with van der Waals surface area (Å²) in [6.07, 6.45) is 0.633. The zero-order valence-corrected chi connectivity index (χ0v) is 12.8. The average Bonchev–Trinajstić information content (AvgIpc) is 2.90. The van der Waals surface area contributed by atoms with Crippen LogP contribution in [0.1, 0.15) is 40.5 Å². The summed E-state index contributed by atoms with van der Waals surface area (Å²) in [5.41, 5.74) is -0.235. The summed E-state index contributed by atoms with van der Waals surface area (Å²) in [6, 6.07) is -0.208. The van der Waals surface area contributed by atoms with Crippen molar-refractivity contribution in [3.05, 3.63) is 0 Å². The number of carbonyl (C=O) groups excluding carboxylic acids is 2. The third-order valence-corrected chi connectivity index (χ3v) is 3.39. The van der Waals surface area contributed by atoms with E-state index in [1.54, 1.807) is 27.7 Å². The number of alkyl carbamates (subject to hydrolysis) is 1. The Kier molecular flexibility index (Phi) is 4.39. The Hall–Kier alpha value is -1.79. The van der Waals surface area contributed by atoms with E-state index in [-0.39, 0.29) is 18.1 Å². The van der Waals surface area contributed by atoms with Crippen LogP contribution < -0.4 is 5.32 Å². The summed E-state index contributed by atoms with van der Waals surface area (Å²) in [4.78, 5) is 28.9. The first-order valence-electron chi connectivity index (χ1n) is 7.22. The van der Waals surface area contributed by atoms with Crippen LogP contribution in [0.15, 0.2) is 5.16 Å². The molecule has 3 atom stereocenters. The highest BCUT2D eigenvalue weighted by Crippen LogP contribution is 2.35. The molecule has 118 valence electrons. The predicted octanol–water partition coefficient (Wildman–Crippen LogP) is 1.61. The zero-order chi connectivity index (χ0) is 15.6. The van der Waals surface area contributed by atoms with Crippen LogP contribution in [0.2, 0.25) is 0 Å². The van der Waals surface area contributed by atoms with Gasteiger partial charge in [-0.3, -0.25) is 0 Å². The molecule has 1 amide bonds. The molecular formula is C14H22N2O5. The number of nitrogens with zero attached hydrogens (tertiary/aromatic N) is 1. The second kappa shape index (κ2) is 5.91. The molecule has 0 saturated heterocycles. The van der Waals surface area contributed by atoms with Gasteiger partial charge >= 0.3 is 12.1 Å². The van der Waals surface area contributed by atoms with Crippen molar-refractivity contribution >= 4 is 17.8 Å². The lowest BCUT2D eigenvalue weighted by Gasteiger charge is -2.23. The van der Waals surface area contributed by atoms with Crippen LogP contribution in [0.4, 0.5) is 4.79 Å². The Labute approximate surface area is 124 Å². The van der Waals surface area contributed by atoms with E-state index in [4.69, 9.17) is 14.3 Å². The molecule has 0 unspecified atom stereocenters. The molecule has 1 N–H and O–H groups in total. The molecule has 7 nitrogen and oxygen atoms in total. The molecule has 2 rings (SSSR count). The normalized spacial score (nSPS) is 27.4. The van der Waals surface area contributed by atoms with Gasteiger partial charge in [0.1, 0.15) is 5.60 Å². The molecule has 1 fully saturated rings. The fourth-order valence-corrected chi connectivity index (χ4v) is 2.60. The van der Waals surface area contributed by atoms with Crippen molar-refractivity contribution in [1.29, 1.82) is 0 Å². The quantitative estimate of drug-likeness (QED) is 0.800. The van der Waals surface area contributed by atoms with Gasteiger partial charge in [0, 0.05) is 0 Å². The molecule has 1 aliphatic carbocycles. The first-order chi connectivity index (χ1) is 9.81. The minimum Gasteiger partial charge on any atom is -0.461 e. The molecule has 0 bridgehead atoms. The van der Waals surface area contributed by atoms with Crippen molar-refractivity contribution in [2.24, 2.45) is 11.1 Å². The maximum Gasteiger partial charge on any atom is 0.408 e. The van der Waals surface area contributed by atoms with Crippen molar-refractivity contribution in [2.45, 2.75) is 58.3 Å². The van der Waals surface area contributed by atoms with Gasteiger partial charge in [-0.1, -0.05) is 5.16 Å². The molecule has 1 saturated carbocycles. The summed E-state index contributed by atoms with van der Waals surface area (Å²) in [6.45, 7) is 7.45. The minimum atomic E-state index is -0.550. The van der Waals surface area contributed by atoms with Gasteiger partial charge < -0.3 is 19.6 Å². The molecule has 7 heteroatoms. The van der Waals surface area contributed by atoms with Gasteiger partial charge in [-0.2, -0.15) is 0 Å². The second-order valence-corrected chi connectivity index (χ2v) is 6.20. The summed E-state index contributed by atoms with van der Waals surface area (Å²) in [7, 11) is 0. The Morgan fingerprint density at radius 2 is 2.10 bits per heavy atom. The van der Waals surface area contributed by atoms with E-state index in [1.165, 1.54) is 0 Å². The Morgan fingerprint density at radius 3 is 2.71 bits per heavy atom. The van der Waals surface area contributed by atoms with Crippen LogP contribution in [0.5, 0.6) is 0 Å². The number of ether oxygens (including phenoxy) is 2. The standard InChI is InChI=1S/C14H22N2O5/c1-5-19-12(17)10-8-6-7-9(11(8)21-16-10)15-13(18)20-14(2,3)4/h8-9,11H,5-7H2,1-4H3,(H,15,18)/t8-,9+,11+/m0/s1. The van der Waals surface area contributed by atoms with Gasteiger partial charge in [0.05, 0.1) is 18.6 Å². The van der Waals surface area contributed by atoms with Crippen molar-refractivity contribution in [3.8, 4) is 0 Å². The highest BCUT2D eigenvalue weighted by molar-refractivity contribution is 6.37. The number of rotatable bonds is 3. The first kappa shape index (κ1) is 15.6. The zero-order valence-electron chi connectivity index (χ0n) is 12.8. The van der Waals surface area contributed by atoms with Crippen LogP contribution in [0, 0.1) is 5.92 Å². The number of esters is 1. The maximum atomic E-state index is 11.8. The summed E-state index contributed by atoms with van der Waals surface area (Å²) < 4.78 is 10.2. The van der Waals surface area contributed by atoms with Crippen LogP contribution in [-0.2, 0) is 19.1 Å². The lowest BCUT2D eigenvalue weighted by Crippen LogP contribution is -2.44. The number of carbonyl (C=O) groups is 2. The van der Waals surface area contributed by atoms with E-state index >= 15 is 0 Å². The summed E-state index contributed by atoms with van der Waals surface area (Å²) >= 11 is 0. The lowest BCUT2D eigenvalue weighted by atomic mass is 10.00. The molecule has 0 spiro atoms. The van der Waals surface area contributed by atoms with E-state index in [0.717, 1.165) is 6.42 Å². The van der Waals surface area contributed by atoms with E-state index in [0.29, 0.717) is 18.7 Å². The van der Waals surface area contributed by atoms with Crippen molar-refractivity contribution in [1.82, 2.24) is 5.32 Å². The summed E-state index contributed by atoms with van der Waals surface area (Å²) in [5, 5.41) is 6.61. The Bertz CT molecular complexity index is 455. The summed E-state index contributed by atoms with van der Waals surface area (Å²) in [5.74, 6) is -0.563. The van der Waals surface area contributed by atoms with Crippen LogP contribution in [0.25, 0.3) is 0 Å². The molecule has 0 aromatic rings. The smallest absolute Gasteiger partial charge is 0.408 e. The minimum absolute atomic E-state index is 0.121. The number of oxime groups is 1. The molecular weight excluding hydrogens is 276 g/mol. The van der Waals surface area contributed by atoms with Crippen LogP contribution in [-0.4, -0.2) is 42.1 Å². The van der Waals surface area contributed by atoms with Gasteiger partial charge in [-0.15, -0.1) is 0 Å². The molecule has 21 heavy (non-hydrogen) atoms. The number of hydrogen-bond donors (Lipinski definition) is 1.